The number of phenols is 2. The maximum Gasteiger partial charge on any atom is 0.271 e. The summed E-state index contributed by atoms with van der Waals surface area (Å²) in [6.45, 7) is 0.0646. The number of benzene rings is 3. The zero-order valence-electron chi connectivity index (χ0n) is 16.8. The number of nitrogens with zero attached hydrogens (tertiary/aromatic N) is 1. The molecular formula is C23H18ClNO7. The van der Waals surface area contributed by atoms with Gasteiger partial charge in [0.15, 0.2) is 5.78 Å². The minimum atomic E-state index is -0.548. The summed E-state index contributed by atoms with van der Waals surface area (Å²) in [5, 5.41) is 30.1. The first kappa shape index (κ1) is 22.6. The summed E-state index contributed by atoms with van der Waals surface area (Å²) in [4.78, 5) is 22.6. The van der Waals surface area contributed by atoms with E-state index in [0.29, 0.717) is 16.9 Å². The lowest BCUT2D eigenvalue weighted by molar-refractivity contribution is -0.384. The Hall–Kier alpha value is -4.04. The van der Waals surface area contributed by atoms with Crippen molar-refractivity contribution >= 4 is 29.1 Å². The molecule has 0 amide bonds. The normalized spacial score (nSPS) is 10.8. The molecule has 0 radical (unpaired) electrons. The number of allylic oxidation sites excluding steroid dienone is 1. The molecule has 3 aromatic carbocycles. The Bertz CT molecular complexity index is 1210. The summed E-state index contributed by atoms with van der Waals surface area (Å²) >= 11 is 6.06. The molecule has 0 spiro atoms. The van der Waals surface area contributed by atoms with Crippen molar-refractivity contribution < 1.29 is 29.4 Å². The van der Waals surface area contributed by atoms with Gasteiger partial charge in [0, 0.05) is 23.8 Å². The number of aromatic hydroxyl groups is 2. The van der Waals surface area contributed by atoms with Crippen molar-refractivity contribution in [2.75, 3.05) is 7.11 Å². The Morgan fingerprint density at radius 3 is 2.50 bits per heavy atom. The van der Waals surface area contributed by atoms with E-state index in [4.69, 9.17) is 21.1 Å². The fourth-order valence-electron chi connectivity index (χ4n) is 2.88. The number of non-ortho nitro benzene ring substituents is 1. The zero-order chi connectivity index (χ0) is 23.3. The summed E-state index contributed by atoms with van der Waals surface area (Å²) in [6, 6.07) is 12.8. The molecule has 0 saturated carbocycles. The molecule has 8 nitrogen and oxygen atoms in total. The lowest BCUT2D eigenvalue weighted by atomic mass is 10.1. The van der Waals surface area contributed by atoms with Gasteiger partial charge in [0.25, 0.3) is 5.69 Å². The molecular weight excluding hydrogens is 438 g/mol. The molecule has 0 aromatic heterocycles. The number of carbonyl (C=O) groups is 1. The second-order valence-corrected chi connectivity index (χ2v) is 7.04. The van der Waals surface area contributed by atoms with Crippen LogP contribution in [-0.2, 0) is 6.61 Å². The third kappa shape index (κ3) is 5.35. The molecule has 0 bridgehead atoms. The van der Waals surface area contributed by atoms with Crippen molar-refractivity contribution in [1.29, 1.82) is 0 Å². The van der Waals surface area contributed by atoms with Gasteiger partial charge in [0.2, 0.25) is 0 Å². The van der Waals surface area contributed by atoms with Crippen molar-refractivity contribution in [1.82, 2.24) is 0 Å². The van der Waals surface area contributed by atoms with Gasteiger partial charge in [0.05, 0.1) is 22.6 Å². The van der Waals surface area contributed by atoms with Crippen LogP contribution in [0.15, 0.2) is 60.7 Å². The first-order valence-electron chi connectivity index (χ1n) is 9.26. The van der Waals surface area contributed by atoms with Gasteiger partial charge in [-0.2, -0.15) is 0 Å². The fourth-order valence-corrected chi connectivity index (χ4v) is 3.11. The molecule has 32 heavy (non-hydrogen) atoms. The van der Waals surface area contributed by atoms with Gasteiger partial charge in [0.1, 0.15) is 29.6 Å². The van der Waals surface area contributed by atoms with E-state index in [9.17, 15) is 25.1 Å². The first-order chi connectivity index (χ1) is 15.3. The standard InChI is InChI=1S/C23H18ClNO7/c1-31-22-8-3-14(2-7-20(27)18-6-5-17(26)12-21(18)28)10-15(22)13-32-23-9-4-16(25(29)30)11-19(23)24/h2-12,26,28H,13H2,1H3/b7-2+. The summed E-state index contributed by atoms with van der Waals surface area (Å²) in [7, 11) is 1.50. The number of methoxy groups -OCH3 is 1. The van der Waals surface area contributed by atoms with Gasteiger partial charge >= 0.3 is 0 Å². The number of phenolic OH excluding ortho intramolecular Hbond substituents is 2. The number of nitro groups is 1. The van der Waals surface area contributed by atoms with Crippen LogP contribution in [0.1, 0.15) is 21.5 Å². The largest absolute Gasteiger partial charge is 0.508 e. The minimum Gasteiger partial charge on any atom is -0.508 e. The number of ether oxygens (including phenoxy) is 2. The van der Waals surface area contributed by atoms with Crippen LogP contribution in [-0.4, -0.2) is 28.0 Å². The number of hydrogen-bond donors (Lipinski definition) is 2. The molecule has 0 unspecified atom stereocenters. The Morgan fingerprint density at radius 1 is 1.09 bits per heavy atom. The van der Waals surface area contributed by atoms with Gasteiger partial charge in [-0.3, -0.25) is 14.9 Å². The maximum atomic E-state index is 12.3. The van der Waals surface area contributed by atoms with Crippen LogP contribution in [0.3, 0.4) is 0 Å². The average molecular weight is 456 g/mol. The van der Waals surface area contributed by atoms with Crippen molar-refractivity contribution in [2.24, 2.45) is 0 Å². The predicted molar refractivity (Wildman–Crippen MR) is 119 cm³/mol. The third-order valence-corrected chi connectivity index (χ3v) is 4.78. The van der Waals surface area contributed by atoms with E-state index in [0.717, 1.165) is 6.07 Å². The van der Waals surface area contributed by atoms with Crippen LogP contribution >= 0.6 is 11.6 Å². The molecule has 9 heteroatoms. The number of rotatable bonds is 8. The quantitative estimate of drug-likeness (QED) is 0.209. The molecule has 0 atom stereocenters. The predicted octanol–water partition coefficient (Wildman–Crippen LogP) is 5.14. The van der Waals surface area contributed by atoms with Crippen LogP contribution in [0.5, 0.6) is 23.0 Å². The van der Waals surface area contributed by atoms with Crippen molar-refractivity contribution in [2.45, 2.75) is 6.61 Å². The molecule has 3 rings (SSSR count). The lowest BCUT2D eigenvalue weighted by Crippen LogP contribution is -2.00. The van der Waals surface area contributed by atoms with E-state index in [1.54, 1.807) is 24.3 Å². The number of halogens is 1. The first-order valence-corrected chi connectivity index (χ1v) is 9.64. The summed E-state index contributed by atoms with van der Waals surface area (Å²) in [6.07, 6.45) is 2.86. The molecule has 0 saturated heterocycles. The van der Waals surface area contributed by atoms with Gasteiger partial charge in [-0.05, 0) is 42.0 Å². The Morgan fingerprint density at radius 2 is 1.84 bits per heavy atom. The van der Waals surface area contributed by atoms with E-state index in [-0.39, 0.29) is 40.1 Å². The van der Waals surface area contributed by atoms with Crippen LogP contribution < -0.4 is 9.47 Å². The highest BCUT2D eigenvalue weighted by Gasteiger charge is 2.12. The van der Waals surface area contributed by atoms with Gasteiger partial charge in [-0.25, -0.2) is 0 Å². The van der Waals surface area contributed by atoms with Crippen LogP contribution in [0.25, 0.3) is 6.08 Å². The Kier molecular flexibility index (Phi) is 6.97. The summed E-state index contributed by atoms with van der Waals surface area (Å²) in [5.74, 6) is -0.0749. The van der Waals surface area contributed by atoms with E-state index in [1.165, 1.54) is 43.5 Å². The highest BCUT2D eigenvalue weighted by atomic mass is 35.5. The highest BCUT2D eigenvalue weighted by Crippen LogP contribution is 2.31. The van der Waals surface area contributed by atoms with Gasteiger partial charge in [-0.15, -0.1) is 0 Å². The Balaban J connectivity index is 1.77. The van der Waals surface area contributed by atoms with E-state index < -0.39 is 10.7 Å². The van der Waals surface area contributed by atoms with E-state index in [2.05, 4.69) is 0 Å². The monoisotopic (exact) mass is 455 g/mol. The van der Waals surface area contributed by atoms with Crippen molar-refractivity contribution in [3.63, 3.8) is 0 Å². The summed E-state index contributed by atoms with van der Waals surface area (Å²) in [5.41, 5.74) is 1.25. The van der Waals surface area contributed by atoms with E-state index in [1.807, 2.05) is 0 Å². The second kappa shape index (κ2) is 9.84. The highest BCUT2D eigenvalue weighted by molar-refractivity contribution is 6.32. The topological polar surface area (TPSA) is 119 Å². The van der Waals surface area contributed by atoms with Crippen LogP contribution in [0, 0.1) is 10.1 Å². The number of carbonyl (C=O) groups excluding carboxylic acids is 1. The van der Waals surface area contributed by atoms with E-state index >= 15 is 0 Å². The SMILES string of the molecule is COc1ccc(/C=C/C(=O)c2ccc(O)cc2O)cc1COc1ccc([N+](=O)[O-])cc1Cl. The summed E-state index contributed by atoms with van der Waals surface area (Å²) < 4.78 is 11.0. The molecule has 2 N–H and O–H groups in total. The molecule has 0 aliphatic rings. The third-order valence-electron chi connectivity index (χ3n) is 4.49. The molecule has 0 aliphatic carbocycles. The number of nitro benzene ring substituents is 1. The number of hydrogen-bond acceptors (Lipinski definition) is 7. The van der Waals surface area contributed by atoms with Crippen LogP contribution in [0.2, 0.25) is 5.02 Å². The molecule has 3 aromatic rings. The fraction of sp³-hybridized carbons (Fsp3) is 0.0870. The smallest absolute Gasteiger partial charge is 0.271 e. The zero-order valence-corrected chi connectivity index (χ0v) is 17.6. The molecule has 0 heterocycles. The molecule has 0 fully saturated rings. The minimum absolute atomic E-state index is 0.0592. The average Bonchev–Trinajstić information content (AvgIpc) is 2.76. The lowest BCUT2D eigenvalue weighted by Gasteiger charge is -2.12. The van der Waals surface area contributed by atoms with Gasteiger partial charge in [-0.1, -0.05) is 23.7 Å². The second-order valence-electron chi connectivity index (χ2n) is 6.63. The van der Waals surface area contributed by atoms with Crippen molar-refractivity contribution in [3.05, 3.63) is 92.5 Å². The molecule has 164 valence electrons. The Labute approximate surface area is 188 Å². The number of ketones is 1. The van der Waals surface area contributed by atoms with Crippen molar-refractivity contribution in [3.8, 4) is 23.0 Å². The molecule has 0 aliphatic heterocycles. The van der Waals surface area contributed by atoms with Gasteiger partial charge < -0.3 is 19.7 Å². The maximum absolute atomic E-state index is 12.3. The van der Waals surface area contributed by atoms with Crippen LogP contribution in [0.4, 0.5) is 5.69 Å².